The van der Waals surface area contributed by atoms with Gasteiger partial charge in [0.2, 0.25) is 0 Å². The molecule has 0 unspecified atom stereocenters. The first-order chi connectivity index (χ1) is 44.1. The Kier molecular flexibility index (Phi) is 8.76. The van der Waals surface area contributed by atoms with Gasteiger partial charge in [0.1, 0.15) is 69.0 Å². The number of aromatic nitrogens is 2. The molecular formula is C78H41B3N2O6. The van der Waals surface area contributed by atoms with Crippen LogP contribution >= 0.6 is 0 Å². The maximum Gasteiger partial charge on any atom is 0.260 e. The van der Waals surface area contributed by atoms with Gasteiger partial charge in [0.05, 0.1) is 22.1 Å². The maximum absolute atomic E-state index is 7.48. The van der Waals surface area contributed by atoms with Crippen molar-refractivity contribution in [1.29, 1.82) is 0 Å². The fraction of sp³-hybridized carbons (Fsp3) is 0. The lowest BCUT2D eigenvalue weighted by Gasteiger charge is -2.35. The quantitative estimate of drug-likeness (QED) is 0.127. The summed E-state index contributed by atoms with van der Waals surface area (Å²) in [4.78, 5) is 0. The Morgan fingerprint density at radius 2 is 0.551 bits per heavy atom. The molecule has 0 saturated heterocycles. The average Bonchev–Trinajstić information content (AvgIpc) is 1.71. The normalized spacial score (nSPS) is 13.9. The molecule has 0 N–H and O–H groups in total. The molecule has 6 aliphatic rings. The average molecular weight is 1130 g/mol. The van der Waals surface area contributed by atoms with Crippen LogP contribution in [0, 0.1) is 0 Å². The Morgan fingerprint density at radius 1 is 0.213 bits per heavy atom. The highest BCUT2D eigenvalue weighted by atomic mass is 16.5. The molecule has 8 heterocycles. The van der Waals surface area contributed by atoms with E-state index < -0.39 is 0 Å². The summed E-state index contributed by atoms with van der Waals surface area (Å²) in [5.41, 5.74) is 16.2. The third-order valence-corrected chi connectivity index (χ3v) is 20.1. The number of fused-ring (bicyclic) bond motifs is 26. The highest BCUT2D eigenvalue weighted by Gasteiger charge is 2.45. The van der Waals surface area contributed by atoms with Crippen molar-refractivity contribution in [3.05, 3.63) is 249 Å². The van der Waals surface area contributed by atoms with E-state index in [4.69, 9.17) is 28.4 Å². The second-order valence-electron chi connectivity index (χ2n) is 24.4. The third-order valence-electron chi connectivity index (χ3n) is 20.1. The van der Waals surface area contributed by atoms with E-state index in [0.29, 0.717) is 0 Å². The van der Waals surface area contributed by atoms with Gasteiger partial charge in [-0.25, -0.2) is 0 Å². The lowest BCUT2D eigenvalue weighted by Crippen LogP contribution is -2.57. The van der Waals surface area contributed by atoms with Crippen molar-refractivity contribution in [3.63, 3.8) is 0 Å². The van der Waals surface area contributed by atoms with Crippen molar-refractivity contribution in [2.45, 2.75) is 0 Å². The van der Waals surface area contributed by atoms with Gasteiger partial charge in [-0.15, -0.1) is 0 Å². The molecule has 8 nitrogen and oxygen atoms in total. The number of hydrogen-bond acceptors (Lipinski definition) is 6. The number of hydrogen-bond donors (Lipinski definition) is 0. The maximum atomic E-state index is 7.48. The van der Waals surface area contributed by atoms with Crippen molar-refractivity contribution in [2.24, 2.45) is 0 Å². The lowest BCUT2D eigenvalue weighted by atomic mass is 9.34. The zero-order chi connectivity index (χ0) is 57.5. The van der Waals surface area contributed by atoms with Crippen LogP contribution in [0.1, 0.15) is 0 Å². The molecule has 2 aromatic heterocycles. The standard InChI is InChI=1S/C78H41B3N2O6/c1-6-19-58-44(14-1)45-15-2-7-20-59(45)82(58)42-30-34-53-69(38-42)85-65-26-12-28-67-75(65)79(53)55-36-32-48-49-33-37-56-78(73(49)51-41-71-57(40-50(51)72(48)77(55)88-67)81-52-18-5-10-23-62(52)84-63-24-11-25-64(87-71)74(63)81)89-68-29-13-27-66-76(68)80(56)54-35-31-43(39-70(54)86-66)83-60-21-8-3-16-46(60)47-17-4-9-22-61(47)83/h1-41H. The molecule has 0 bridgehead atoms. The van der Waals surface area contributed by atoms with E-state index in [1.54, 1.807) is 0 Å². The van der Waals surface area contributed by atoms with E-state index in [-0.39, 0.29) is 20.1 Å². The van der Waals surface area contributed by atoms with Crippen LogP contribution in [0.2, 0.25) is 0 Å². The Morgan fingerprint density at radius 3 is 1.01 bits per heavy atom. The zero-order valence-corrected chi connectivity index (χ0v) is 47.2. The van der Waals surface area contributed by atoms with E-state index >= 15 is 0 Å². The van der Waals surface area contributed by atoms with Crippen molar-refractivity contribution in [1.82, 2.24) is 9.13 Å². The number of rotatable bonds is 2. The number of benzene rings is 14. The summed E-state index contributed by atoms with van der Waals surface area (Å²) in [6.45, 7) is -0.566. The van der Waals surface area contributed by atoms with E-state index in [1.165, 1.54) is 21.5 Å². The summed E-state index contributed by atoms with van der Waals surface area (Å²) in [5.74, 6) is 9.59. The van der Waals surface area contributed by atoms with E-state index in [2.05, 4.69) is 240 Å². The second-order valence-corrected chi connectivity index (χ2v) is 24.4. The van der Waals surface area contributed by atoms with Crippen LogP contribution in [0.4, 0.5) is 0 Å². The topological polar surface area (TPSA) is 65.2 Å². The van der Waals surface area contributed by atoms with E-state index in [9.17, 15) is 0 Å². The van der Waals surface area contributed by atoms with Gasteiger partial charge < -0.3 is 37.6 Å². The second kappa shape index (κ2) is 16.7. The molecule has 11 heteroatoms. The van der Waals surface area contributed by atoms with Crippen LogP contribution in [0.5, 0.6) is 69.0 Å². The van der Waals surface area contributed by atoms with Gasteiger partial charge in [0.15, 0.2) is 0 Å². The summed E-state index contributed by atoms with van der Waals surface area (Å²) in [5, 5.41) is 11.0. The van der Waals surface area contributed by atoms with Gasteiger partial charge >= 0.3 is 0 Å². The summed E-state index contributed by atoms with van der Waals surface area (Å²) >= 11 is 0. The highest BCUT2D eigenvalue weighted by Crippen LogP contribution is 2.50. The SMILES string of the molecule is c1ccc2c(c1)Oc1cccc3c1B2c1cc2c(cc1O3)c1c3c(ccc1c1ccc4c(c12)Oc1cccc2c1B4c1ccc(-n4c5ccccc5c5ccccc54)cc1O2)B1c2ccc(-n4c5ccccc5c5ccccc54)cc2Oc2cccc(c21)O3. The largest absolute Gasteiger partial charge is 0.458 e. The first-order valence-corrected chi connectivity index (χ1v) is 30.5. The first-order valence-electron chi connectivity index (χ1n) is 30.5. The Bertz CT molecular complexity index is 5900. The molecule has 408 valence electrons. The van der Waals surface area contributed by atoms with Gasteiger partial charge in [-0.05, 0) is 139 Å². The van der Waals surface area contributed by atoms with Gasteiger partial charge in [0.25, 0.3) is 20.1 Å². The lowest BCUT2D eigenvalue weighted by molar-refractivity contribution is 0.464. The van der Waals surface area contributed by atoms with Crippen LogP contribution in [-0.2, 0) is 0 Å². The van der Waals surface area contributed by atoms with E-state index in [0.717, 1.165) is 184 Å². The van der Waals surface area contributed by atoms with Crippen molar-refractivity contribution in [2.75, 3.05) is 0 Å². The Labute approximate surface area is 509 Å². The predicted octanol–water partition coefficient (Wildman–Crippen LogP) is 13.5. The number of ether oxygens (including phenoxy) is 6. The molecule has 14 aromatic carbocycles. The molecule has 16 aromatic rings. The summed E-state index contributed by atoms with van der Waals surface area (Å²) in [6, 6.07) is 89.0. The monoisotopic (exact) mass is 1130 g/mol. The number of nitrogens with zero attached hydrogens (tertiary/aromatic N) is 2. The van der Waals surface area contributed by atoms with Crippen molar-refractivity contribution in [3.8, 4) is 80.4 Å². The third kappa shape index (κ3) is 6.01. The fourth-order valence-corrected chi connectivity index (χ4v) is 16.5. The van der Waals surface area contributed by atoms with Crippen LogP contribution in [-0.4, -0.2) is 29.3 Å². The minimum atomic E-state index is -0.199. The fourth-order valence-electron chi connectivity index (χ4n) is 16.5. The molecule has 22 rings (SSSR count). The summed E-state index contributed by atoms with van der Waals surface area (Å²) < 4.78 is 47.5. The summed E-state index contributed by atoms with van der Waals surface area (Å²) in [7, 11) is 0. The van der Waals surface area contributed by atoms with Crippen molar-refractivity contribution < 1.29 is 28.4 Å². The van der Waals surface area contributed by atoms with Crippen LogP contribution < -0.4 is 77.6 Å². The molecule has 0 amide bonds. The molecule has 0 fully saturated rings. The molecule has 6 aliphatic heterocycles. The molecule has 0 atom stereocenters. The minimum Gasteiger partial charge on any atom is -0.458 e. The molecule has 0 aliphatic carbocycles. The molecule has 0 spiro atoms. The van der Waals surface area contributed by atoms with Gasteiger partial charge in [0, 0.05) is 72.2 Å². The molecule has 89 heavy (non-hydrogen) atoms. The Hall–Kier alpha value is -11.5. The van der Waals surface area contributed by atoms with Crippen LogP contribution in [0.15, 0.2) is 249 Å². The van der Waals surface area contributed by atoms with Crippen LogP contribution in [0.3, 0.4) is 0 Å². The smallest absolute Gasteiger partial charge is 0.260 e. The zero-order valence-electron chi connectivity index (χ0n) is 47.2. The van der Waals surface area contributed by atoms with Gasteiger partial charge in [-0.2, -0.15) is 0 Å². The van der Waals surface area contributed by atoms with Crippen molar-refractivity contribution >= 4 is 145 Å². The van der Waals surface area contributed by atoms with Gasteiger partial charge in [-0.1, -0.05) is 152 Å². The first kappa shape index (κ1) is 46.7. The number of para-hydroxylation sites is 5. The highest BCUT2D eigenvalue weighted by molar-refractivity contribution is 7.00. The molecule has 0 saturated carbocycles. The van der Waals surface area contributed by atoms with Crippen LogP contribution in [0.25, 0.3) is 87.3 Å². The predicted molar refractivity (Wildman–Crippen MR) is 361 cm³/mol. The Balaban J connectivity index is 0.792. The molecular weight excluding hydrogens is 1090 g/mol. The van der Waals surface area contributed by atoms with Gasteiger partial charge in [-0.3, -0.25) is 0 Å². The van der Waals surface area contributed by atoms with E-state index in [1.807, 2.05) is 18.2 Å². The minimum absolute atomic E-state index is 0.169. The molecule has 0 radical (unpaired) electrons. The summed E-state index contributed by atoms with van der Waals surface area (Å²) in [6.07, 6.45) is 0.